The van der Waals surface area contributed by atoms with Crippen molar-refractivity contribution in [2.24, 2.45) is 0 Å². The van der Waals surface area contributed by atoms with Crippen molar-refractivity contribution in [1.82, 2.24) is 5.32 Å². The second-order valence-electron chi connectivity index (χ2n) is 5.86. The fourth-order valence-electron chi connectivity index (χ4n) is 2.35. The third-order valence-corrected chi connectivity index (χ3v) is 3.98. The van der Waals surface area contributed by atoms with E-state index in [0.717, 1.165) is 12.3 Å². The van der Waals surface area contributed by atoms with E-state index >= 15 is 0 Å². The van der Waals surface area contributed by atoms with Crippen LogP contribution in [0.5, 0.6) is 5.75 Å². The molecule has 2 amide bonds. The SMILES string of the molecule is C=C(C)C(=O)NCCCC(=O)Nc1cc(Cl)c2c(c1O)c(=O)ccc[n+]2[O-]. The Balaban J connectivity index is 2.18. The first-order valence-electron chi connectivity index (χ1n) is 8.03. The largest absolute Gasteiger partial charge is 0.618 e. The maximum atomic E-state index is 12.1. The molecule has 0 spiro atoms. The summed E-state index contributed by atoms with van der Waals surface area (Å²) >= 11 is 6.07. The molecule has 0 fully saturated rings. The van der Waals surface area contributed by atoms with E-state index in [-0.39, 0.29) is 40.5 Å². The van der Waals surface area contributed by atoms with E-state index in [9.17, 15) is 24.7 Å². The third kappa shape index (κ3) is 4.73. The van der Waals surface area contributed by atoms with Gasteiger partial charge in [0, 0.05) is 24.6 Å². The van der Waals surface area contributed by atoms with Gasteiger partial charge < -0.3 is 20.9 Å². The predicted octanol–water partition coefficient (Wildman–Crippen LogP) is 1.60. The van der Waals surface area contributed by atoms with Gasteiger partial charge in [-0.25, -0.2) is 0 Å². The molecule has 0 saturated carbocycles. The molecular formula is C18H18ClN3O5. The van der Waals surface area contributed by atoms with Crippen LogP contribution in [-0.4, -0.2) is 23.5 Å². The number of benzene rings is 1. The summed E-state index contributed by atoms with van der Waals surface area (Å²) in [5.41, 5.74) is -0.513. The van der Waals surface area contributed by atoms with Crippen LogP contribution in [0.1, 0.15) is 19.8 Å². The number of anilines is 1. The average molecular weight is 392 g/mol. The van der Waals surface area contributed by atoms with Gasteiger partial charge >= 0.3 is 0 Å². The molecule has 1 aromatic carbocycles. The number of nitrogens with zero attached hydrogens (tertiary/aromatic N) is 1. The lowest BCUT2D eigenvalue weighted by Gasteiger charge is -2.10. The number of halogens is 1. The number of nitrogens with one attached hydrogen (secondary N) is 2. The Kier molecular flexibility index (Phi) is 6.36. The molecule has 0 bridgehead atoms. The van der Waals surface area contributed by atoms with E-state index in [2.05, 4.69) is 17.2 Å². The second kappa shape index (κ2) is 8.50. The highest BCUT2D eigenvalue weighted by Crippen LogP contribution is 2.34. The third-order valence-electron chi connectivity index (χ3n) is 3.69. The second-order valence-corrected chi connectivity index (χ2v) is 6.27. The topological polar surface area (TPSA) is 122 Å². The van der Waals surface area contributed by atoms with Crippen molar-refractivity contribution in [2.75, 3.05) is 11.9 Å². The summed E-state index contributed by atoms with van der Waals surface area (Å²) in [6.07, 6.45) is 1.50. The molecule has 9 heteroatoms. The Bertz CT molecular complexity index is 991. The first kappa shape index (κ1) is 20.2. The van der Waals surface area contributed by atoms with Gasteiger partial charge in [-0.15, -0.1) is 0 Å². The maximum absolute atomic E-state index is 12.1. The number of hydrogen-bond acceptors (Lipinski definition) is 5. The lowest BCUT2D eigenvalue weighted by Crippen LogP contribution is -2.26. The van der Waals surface area contributed by atoms with Crippen LogP contribution in [0.2, 0.25) is 5.02 Å². The van der Waals surface area contributed by atoms with Crippen molar-refractivity contribution in [3.8, 4) is 5.75 Å². The molecule has 3 N–H and O–H groups in total. The number of amides is 2. The minimum atomic E-state index is -0.613. The molecule has 2 rings (SSSR count). The standard InChI is InChI=1S/C18H18ClN3O5/c1-10(2)18(26)20-7-3-6-14(24)21-12-9-11(19)16-15(17(12)25)13(23)5-4-8-22(16)27/h4-5,8-9,25H,1,3,6-7H2,2H3,(H,20,26)(H,21,24). The minimum absolute atomic E-state index is 0.0555. The lowest BCUT2D eigenvalue weighted by atomic mass is 10.1. The van der Waals surface area contributed by atoms with Crippen molar-refractivity contribution >= 4 is 40.0 Å². The van der Waals surface area contributed by atoms with Gasteiger partial charge in [-0.05, 0) is 25.5 Å². The van der Waals surface area contributed by atoms with Crippen LogP contribution in [0.15, 0.2) is 41.3 Å². The molecule has 0 aliphatic carbocycles. The van der Waals surface area contributed by atoms with E-state index in [1.165, 1.54) is 12.1 Å². The summed E-state index contributed by atoms with van der Waals surface area (Å²) in [5.74, 6) is -1.28. The van der Waals surface area contributed by atoms with Gasteiger partial charge in [-0.3, -0.25) is 14.4 Å². The summed E-state index contributed by atoms with van der Waals surface area (Å²) in [4.78, 5) is 35.6. The van der Waals surface area contributed by atoms with Crippen molar-refractivity contribution in [2.45, 2.75) is 19.8 Å². The molecule has 2 aromatic rings. The van der Waals surface area contributed by atoms with Crippen LogP contribution in [0, 0.1) is 5.21 Å². The van der Waals surface area contributed by atoms with E-state index in [4.69, 9.17) is 11.6 Å². The molecule has 0 saturated heterocycles. The number of phenols is 1. The van der Waals surface area contributed by atoms with Gasteiger partial charge in [0.25, 0.3) is 0 Å². The molecule has 0 atom stereocenters. The van der Waals surface area contributed by atoms with E-state index in [1.54, 1.807) is 6.92 Å². The molecule has 142 valence electrons. The van der Waals surface area contributed by atoms with Gasteiger partial charge in [0.15, 0.2) is 17.4 Å². The lowest BCUT2D eigenvalue weighted by molar-refractivity contribution is -0.576. The van der Waals surface area contributed by atoms with Crippen molar-refractivity contribution in [3.05, 3.63) is 57.0 Å². The fourth-order valence-corrected chi connectivity index (χ4v) is 2.64. The van der Waals surface area contributed by atoms with Gasteiger partial charge in [0.1, 0.15) is 10.4 Å². The average Bonchev–Trinajstić information content (AvgIpc) is 2.74. The zero-order valence-corrected chi connectivity index (χ0v) is 15.3. The smallest absolute Gasteiger partial charge is 0.250 e. The number of phenolic OH excluding ortho intramolecular Hbond substituents is 1. The molecule has 1 heterocycles. The van der Waals surface area contributed by atoms with Gasteiger partial charge in [0.2, 0.25) is 17.3 Å². The molecule has 8 nitrogen and oxygen atoms in total. The first-order chi connectivity index (χ1) is 12.7. The Morgan fingerprint density at radius 1 is 1.41 bits per heavy atom. The summed E-state index contributed by atoms with van der Waals surface area (Å²) in [6, 6.07) is 3.55. The highest BCUT2D eigenvalue weighted by atomic mass is 35.5. The molecule has 0 aliphatic heterocycles. The highest BCUT2D eigenvalue weighted by Gasteiger charge is 2.20. The molecule has 27 heavy (non-hydrogen) atoms. The number of aromatic hydroxyl groups is 1. The van der Waals surface area contributed by atoms with Crippen LogP contribution >= 0.6 is 11.6 Å². The minimum Gasteiger partial charge on any atom is -0.618 e. The Morgan fingerprint density at radius 2 is 2.11 bits per heavy atom. The Labute approximate surface area is 159 Å². The highest BCUT2D eigenvalue weighted by molar-refractivity contribution is 6.35. The zero-order valence-electron chi connectivity index (χ0n) is 14.5. The van der Waals surface area contributed by atoms with Crippen LogP contribution < -0.4 is 20.8 Å². The molecule has 0 radical (unpaired) electrons. The van der Waals surface area contributed by atoms with Crippen LogP contribution in [-0.2, 0) is 9.59 Å². The predicted molar refractivity (Wildman–Crippen MR) is 102 cm³/mol. The summed E-state index contributed by atoms with van der Waals surface area (Å²) < 4.78 is 0.370. The summed E-state index contributed by atoms with van der Waals surface area (Å²) in [7, 11) is 0. The van der Waals surface area contributed by atoms with Crippen molar-refractivity contribution < 1.29 is 19.4 Å². The van der Waals surface area contributed by atoms with Crippen LogP contribution in [0.4, 0.5) is 5.69 Å². The van der Waals surface area contributed by atoms with E-state index in [1.807, 2.05) is 0 Å². The monoisotopic (exact) mass is 391 g/mol. The molecule has 1 aromatic heterocycles. The normalized spacial score (nSPS) is 10.4. The van der Waals surface area contributed by atoms with Crippen LogP contribution in [0.3, 0.4) is 0 Å². The maximum Gasteiger partial charge on any atom is 0.250 e. The van der Waals surface area contributed by atoms with E-state index < -0.39 is 17.1 Å². The number of aromatic nitrogens is 1. The van der Waals surface area contributed by atoms with Gasteiger partial charge in [-0.1, -0.05) is 18.2 Å². The Morgan fingerprint density at radius 3 is 2.78 bits per heavy atom. The molecule has 0 unspecified atom stereocenters. The number of fused-ring (bicyclic) bond motifs is 1. The summed E-state index contributed by atoms with van der Waals surface area (Å²) in [5, 5.41) is 27.0. The number of hydrogen-bond donors (Lipinski definition) is 3. The summed E-state index contributed by atoms with van der Waals surface area (Å²) in [6.45, 7) is 5.36. The molecular weight excluding hydrogens is 374 g/mol. The van der Waals surface area contributed by atoms with Gasteiger partial charge in [0.05, 0.1) is 5.69 Å². The van der Waals surface area contributed by atoms with Gasteiger partial charge in [-0.2, -0.15) is 4.73 Å². The fraction of sp³-hybridized carbons (Fsp3) is 0.222. The number of rotatable bonds is 6. The quantitative estimate of drug-likeness (QED) is 0.227. The molecule has 0 aliphatic rings. The van der Waals surface area contributed by atoms with Crippen molar-refractivity contribution in [3.63, 3.8) is 0 Å². The number of carbonyl (C=O) groups is 2. The Hall–Kier alpha value is -3.13. The van der Waals surface area contributed by atoms with E-state index in [0.29, 0.717) is 16.7 Å². The zero-order chi connectivity index (χ0) is 20.1. The van der Waals surface area contributed by atoms with Crippen molar-refractivity contribution in [1.29, 1.82) is 0 Å². The van der Waals surface area contributed by atoms with Crippen LogP contribution in [0.25, 0.3) is 10.9 Å². The first-order valence-corrected chi connectivity index (χ1v) is 8.41. The number of carbonyl (C=O) groups excluding carboxylic acids is 2.